The zero-order valence-corrected chi connectivity index (χ0v) is 10.8. The molecule has 0 aliphatic carbocycles. The van der Waals surface area contributed by atoms with Crippen molar-refractivity contribution in [2.24, 2.45) is 0 Å². The molecule has 0 bridgehead atoms. The topological polar surface area (TPSA) is 46.5 Å². The van der Waals surface area contributed by atoms with Gasteiger partial charge in [0.2, 0.25) is 0 Å². The molecule has 0 heterocycles. The van der Waals surface area contributed by atoms with E-state index in [2.05, 4.69) is 0 Å². The second-order valence-corrected chi connectivity index (χ2v) is 4.27. The Morgan fingerprint density at radius 2 is 1.84 bits per heavy atom. The Morgan fingerprint density at radius 1 is 1.11 bits per heavy atom. The first-order valence-corrected chi connectivity index (χ1v) is 6.15. The van der Waals surface area contributed by atoms with Crippen molar-refractivity contribution < 1.29 is 14.6 Å². The summed E-state index contributed by atoms with van der Waals surface area (Å²) in [6, 6.07) is 14.8. The zero-order valence-electron chi connectivity index (χ0n) is 10.8. The molecule has 0 unspecified atom stereocenters. The number of benzene rings is 2. The first-order valence-electron chi connectivity index (χ1n) is 6.15. The normalized spacial score (nSPS) is 10.2. The van der Waals surface area contributed by atoms with Crippen molar-refractivity contribution in [2.45, 2.75) is 12.8 Å². The third kappa shape index (κ3) is 3.13. The highest BCUT2D eigenvalue weighted by atomic mass is 16.5. The molecule has 0 aliphatic rings. The Morgan fingerprint density at radius 3 is 2.53 bits per heavy atom. The van der Waals surface area contributed by atoms with E-state index in [4.69, 9.17) is 4.74 Å². The quantitative estimate of drug-likeness (QED) is 0.835. The maximum atomic E-state index is 12.1. The average molecular weight is 256 g/mol. The summed E-state index contributed by atoms with van der Waals surface area (Å²) in [6.07, 6.45) is 1.03. The van der Waals surface area contributed by atoms with Crippen LogP contribution >= 0.6 is 0 Å². The fraction of sp³-hybridized carbons (Fsp3) is 0.188. The number of aromatic hydroxyl groups is 1. The van der Waals surface area contributed by atoms with Gasteiger partial charge in [0, 0.05) is 6.42 Å². The number of methoxy groups -OCH3 is 1. The molecule has 0 aliphatic heterocycles. The number of aryl methyl sites for hydroxylation is 1. The molecule has 0 fully saturated rings. The SMILES string of the molecule is COc1cccc(C(=O)CCc2ccccc2)c1O. The molecule has 2 aromatic carbocycles. The number of hydrogen-bond donors (Lipinski definition) is 1. The zero-order chi connectivity index (χ0) is 13.7. The van der Waals surface area contributed by atoms with E-state index in [0.29, 0.717) is 24.2 Å². The van der Waals surface area contributed by atoms with Crippen LogP contribution in [0, 0.1) is 0 Å². The third-order valence-electron chi connectivity index (χ3n) is 3.00. The first kappa shape index (κ1) is 13.1. The Kier molecular flexibility index (Phi) is 4.18. The molecule has 3 nitrogen and oxygen atoms in total. The number of carbonyl (C=O) groups excluding carboxylic acids is 1. The van der Waals surface area contributed by atoms with Crippen LogP contribution in [0.2, 0.25) is 0 Å². The van der Waals surface area contributed by atoms with Gasteiger partial charge in [0.1, 0.15) is 0 Å². The molecule has 0 amide bonds. The van der Waals surface area contributed by atoms with Crippen molar-refractivity contribution in [2.75, 3.05) is 7.11 Å². The highest BCUT2D eigenvalue weighted by Crippen LogP contribution is 2.30. The van der Waals surface area contributed by atoms with Gasteiger partial charge in [-0.05, 0) is 24.1 Å². The summed E-state index contributed by atoms with van der Waals surface area (Å²) in [5.41, 5.74) is 1.42. The molecular formula is C16H16O3. The Bertz CT molecular complexity index is 561. The lowest BCUT2D eigenvalue weighted by molar-refractivity contribution is 0.0979. The molecular weight excluding hydrogens is 240 g/mol. The number of phenolic OH excluding ortho intramolecular Hbond substituents is 1. The van der Waals surface area contributed by atoms with Gasteiger partial charge in [-0.1, -0.05) is 36.4 Å². The number of hydrogen-bond acceptors (Lipinski definition) is 3. The van der Waals surface area contributed by atoms with Crippen LogP contribution in [0.5, 0.6) is 11.5 Å². The molecule has 3 heteroatoms. The van der Waals surface area contributed by atoms with E-state index in [1.807, 2.05) is 30.3 Å². The highest BCUT2D eigenvalue weighted by molar-refractivity contribution is 5.99. The molecule has 0 atom stereocenters. The minimum absolute atomic E-state index is 0.0805. The van der Waals surface area contributed by atoms with Gasteiger partial charge in [-0.2, -0.15) is 0 Å². The maximum absolute atomic E-state index is 12.1. The lowest BCUT2D eigenvalue weighted by atomic mass is 10.0. The molecule has 2 aromatic rings. The molecule has 2 rings (SSSR count). The molecule has 0 saturated heterocycles. The summed E-state index contributed by atoms with van der Waals surface area (Å²) in [5.74, 6) is 0.161. The van der Waals surface area contributed by atoms with Crippen molar-refractivity contribution in [3.63, 3.8) is 0 Å². The van der Waals surface area contributed by atoms with E-state index >= 15 is 0 Å². The number of Topliss-reactive ketones (excluding diaryl/α,β-unsaturated/α-hetero) is 1. The monoisotopic (exact) mass is 256 g/mol. The smallest absolute Gasteiger partial charge is 0.168 e. The van der Waals surface area contributed by atoms with Crippen LogP contribution < -0.4 is 4.74 Å². The van der Waals surface area contributed by atoms with Crippen LogP contribution in [-0.2, 0) is 6.42 Å². The van der Waals surface area contributed by atoms with Crippen LogP contribution in [0.25, 0.3) is 0 Å². The van der Waals surface area contributed by atoms with Crippen LogP contribution in [0.3, 0.4) is 0 Å². The fourth-order valence-electron chi connectivity index (χ4n) is 1.95. The summed E-state index contributed by atoms with van der Waals surface area (Å²) < 4.78 is 5.00. The van der Waals surface area contributed by atoms with Gasteiger partial charge >= 0.3 is 0 Å². The summed E-state index contributed by atoms with van der Waals surface area (Å²) in [5, 5.41) is 9.91. The summed E-state index contributed by atoms with van der Waals surface area (Å²) in [6.45, 7) is 0. The first-order chi connectivity index (χ1) is 9.22. The molecule has 98 valence electrons. The molecule has 19 heavy (non-hydrogen) atoms. The van der Waals surface area contributed by atoms with Crippen molar-refractivity contribution >= 4 is 5.78 Å². The van der Waals surface area contributed by atoms with Gasteiger partial charge in [0.05, 0.1) is 12.7 Å². The molecule has 0 radical (unpaired) electrons. The second kappa shape index (κ2) is 6.05. The number of para-hydroxylation sites is 1. The number of carbonyl (C=O) groups is 1. The third-order valence-corrected chi connectivity index (χ3v) is 3.00. The Balaban J connectivity index is 2.08. The van der Waals surface area contributed by atoms with Gasteiger partial charge in [0.25, 0.3) is 0 Å². The van der Waals surface area contributed by atoms with Crippen molar-refractivity contribution in [3.8, 4) is 11.5 Å². The minimum Gasteiger partial charge on any atom is -0.504 e. The highest BCUT2D eigenvalue weighted by Gasteiger charge is 2.14. The van der Waals surface area contributed by atoms with E-state index < -0.39 is 0 Å². The van der Waals surface area contributed by atoms with Crippen LogP contribution in [0.4, 0.5) is 0 Å². The van der Waals surface area contributed by atoms with Gasteiger partial charge in [0.15, 0.2) is 17.3 Å². The summed E-state index contributed by atoms with van der Waals surface area (Å²) >= 11 is 0. The average Bonchev–Trinajstić information content (AvgIpc) is 2.46. The minimum atomic E-state index is -0.0831. The summed E-state index contributed by atoms with van der Waals surface area (Å²) in [4.78, 5) is 12.1. The van der Waals surface area contributed by atoms with Crippen LogP contribution in [0.15, 0.2) is 48.5 Å². The van der Waals surface area contributed by atoms with E-state index in [-0.39, 0.29) is 11.5 Å². The van der Waals surface area contributed by atoms with Crippen LogP contribution in [0.1, 0.15) is 22.3 Å². The molecule has 0 aromatic heterocycles. The van der Waals surface area contributed by atoms with E-state index in [9.17, 15) is 9.90 Å². The van der Waals surface area contributed by atoms with E-state index in [0.717, 1.165) is 5.56 Å². The predicted molar refractivity (Wildman–Crippen MR) is 73.8 cm³/mol. The fourth-order valence-corrected chi connectivity index (χ4v) is 1.95. The van der Waals surface area contributed by atoms with E-state index in [1.165, 1.54) is 7.11 Å². The second-order valence-electron chi connectivity index (χ2n) is 4.27. The maximum Gasteiger partial charge on any atom is 0.168 e. The van der Waals surface area contributed by atoms with Gasteiger partial charge < -0.3 is 9.84 Å². The predicted octanol–water partition coefficient (Wildman–Crippen LogP) is 3.22. The van der Waals surface area contributed by atoms with Crippen LogP contribution in [-0.4, -0.2) is 18.0 Å². The Labute approximate surface area is 112 Å². The number of ketones is 1. The number of rotatable bonds is 5. The molecule has 0 saturated carbocycles. The van der Waals surface area contributed by atoms with Gasteiger partial charge in [-0.3, -0.25) is 4.79 Å². The number of ether oxygens (including phenoxy) is 1. The van der Waals surface area contributed by atoms with Gasteiger partial charge in [-0.25, -0.2) is 0 Å². The van der Waals surface area contributed by atoms with E-state index in [1.54, 1.807) is 18.2 Å². The lowest BCUT2D eigenvalue weighted by Crippen LogP contribution is -2.02. The largest absolute Gasteiger partial charge is 0.504 e. The van der Waals surface area contributed by atoms with Crippen molar-refractivity contribution in [3.05, 3.63) is 59.7 Å². The van der Waals surface area contributed by atoms with Crippen molar-refractivity contribution in [1.82, 2.24) is 0 Å². The molecule has 0 spiro atoms. The standard InChI is InChI=1S/C16H16O3/c1-19-15-9-5-8-13(16(15)18)14(17)11-10-12-6-3-2-4-7-12/h2-9,18H,10-11H2,1H3. The molecule has 1 N–H and O–H groups in total. The lowest BCUT2D eigenvalue weighted by Gasteiger charge is -2.08. The Hall–Kier alpha value is -2.29. The number of phenols is 1. The van der Waals surface area contributed by atoms with Gasteiger partial charge in [-0.15, -0.1) is 0 Å². The summed E-state index contributed by atoms with van der Waals surface area (Å²) in [7, 11) is 1.47. The van der Waals surface area contributed by atoms with Crippen molar-refractivity contribution in [1.29, 1.82) is 0 Å².